The molecule has 1 amide bonds. The number of amides is 1. The molecule has 0 aromatic carbocycles. The number of carbonyl (C=O) groups excluding carboxylic acids is 1. The topological polar surface area (TPSA) is 98.7 Å². The summed E-state index contributed by atoms with van der Waals surface area (Å²) in [6.07, 6.45) is 7.17. The Morgan fingerprint density at radius 1 is 1.28 bits per heavy atom. The summed E-state index contributed by atoms with van der Waals surface area (Å²) in [5, 5.41) is 11.7. The molecule has 0 aliphatic carbocycles. The monoisotopic (exact) mass is 338 g/mol. The second-order valence-corrected chi connectivity index (χ2v) is 6.09. The smallest absolute Gasteiger partial charge is 0.289 e. The second kappa shape index (κ2) is 6.46. The lowest BCUT2D eigenvalue weighted by Gasteiger charge is -2.15. The average molecular weight is 338 g/mol. The number of aromatic nitrogens is 5. The van der Waals surface area contributed by atoms with Crippen molar-refractivity contribution < 1.29 is 9.21 Å². The number of nitrogens with zero attached hydrogens (tertiary/aromatic N) is 5. The van der Waals surface area contributed by atoms with Gasteiger partial charge < -0.3 is 14.3 Å². The van der Waals surface area contributed by atoms with Gasteiger partial charge in [0.05, 0.1) is 5.69 Å². The number of hydrogen-bond acceptors (Lipinski definition) is 6. The molecular formula is C17H18N6O2. The van der Waals surface area contributed by atoms with Gasteiger partial charge in [-0.25, -0.2) is 4.98 Å². The van der Waals surface area contributed by atoms with E-state index in [1.807, 2.05) is 12.1 Å². The van der Waals surface area contributed by atoms with Crippen LogP contribution in [0.15, 0.2) is 35.3 Å². The van der Waals surface area contributed by atoms with Crippen molar-refractivity contribution in [3.8, 4) is 11.4 Å². The maximum atomic E-state index is 12.3. The van der Waals surface area contributed by atoms with E-state index in [1.165, 1.54) is 6.39 Å². The molecule has 0 spiro atoms. The zero-order valence-electron chi connectivity index (χ0n) is 13.8. The van der Waals surface area contributed by atoms with Crippen molar-refractivity contribution in [2.75, 3.05) is 0 Å². The summed E-state index contributed by atoms with van der Waals surface area (Å²) in [4.78, 5) is 20.3. The zero-order valence-corrected chi connectivity index (χ0v) is 13.8. The van der Waals surface area contributed by atoms with Gasteiger partial charge in [0, 0.05) is 37.0 Å². The molecule has 0 saturated carbocycles. The van der Waals surface area contributed by atoms with Crippen LogP contribution in [0.1, 0.15) is 34.9 Å². The molecule has 1 aliphatic heterocycles. The highest BCUT2D eigenvalue weighted by Gasteiger charge is 2.24. The van der Waals surface area contributed by atoms with Gasteiger partial charge in [-0.05, 0) is 31.9 Å². The van der Waals surface area contributed by atoms with Gasteiger partial charge in [-0.2, -0.15) is 0 Å². The summed E-state index contributed by atoms with van der Waals surface area (Å²) >= 11 is 0. The molecule has 128 valence electrons. The number of nitrogens with one attached hydrogen (secondary N) is 1. The molecule has 0 saturated heterocycles. The number of rotatable bonds is 3. The fourth-order valence-electron chi connectivity index (χ4n) is 3.12. The number of pyridine rings is 1. The van der Waals surface area contributed by atoms with Crippen LogP contribution in [0.4, 0.5) is 0 Å². The Kier molecular flexibility index (Phi) is 4.01. The normalized spacial score (nSPS) is 16.9. The number of carbonyl (C=O) groups is 1. The van der Waals surface area contributed by atoms with E-state index in [1.54, 1.807) is 19.3 Å². The largest absolute Gasteiger partial charge is 0.438 e. The number of fused-ring (bicyclic) bond motifs is 1. The Morgan fingerprint density at radius 2 is 2.12 bits per heavy atom. The van der Waals surface area contributed by atoms with Crippen molar-refractivity contribution in [1.29, 1.82) is 0 Å². The molecule has 0 radical (unpaired) electrons. The van der Waals surface area contributed by atoms with Crippen LogP contribution in [-0.4, -0.2) is 36.7 Å². The van der Waals surface area contributed by atoms with Gasteiger partial charge in [0.2, 0.25) is 5.76 Å². The van der Waals surface area contributed by atoms with Gasteiger partial charge in [-0.15, -0.1) is 10.2 Å². The van der Waals surface area contributed by atoms with Crippen molar-refractivity contribution in [2.45, 2.75) is 38.8 Å². The SMILES string of the molecule is Cc1ncoc1C(=O)NC1CCc2nnc(-c3ccncc3)n2CC1. The van der Waals surface area contributed by atoms with E-state index in [0.29, 0.717) is 5.69 Å². The lowest BCUT2D eigenvalue weighted by molar-refractivity contribution is 0.0904. The predicted molar refractivity (Wildman–Crippen MR) is 88.7 cm³/mol. The minimum atomic E-state index is -0.216. The third kappa shape index (κ3) is 3.02. The molecule has 8 nitrogen and oxygen atoms in total. The van der Waals surface area contributed by atoms with Gasteiger partial charge in [0.15, 0.2) is 12.2 Å². The first-order valence-corrected chi connectivity index (χ1v) is 8.26. The van der Waals surface area contributed by atoms with Crippen molar-refractivity contribution in [1.82, 2.24) is 30.0 Å². The molecule has 1 unspecified atom stereocenters. The third-order valence-electron chi connectivity index (χ3n) is 4.47. The first-order valence-electron chi connectivity index (χ1n) is 8.26. The highest BCUT2D eigenvalue weighted by molar-refractivity contribution is 5.92. The van der Waals surface area contributed by atoms with Crippen LogP contribution >= 0.6 is 0 Å². The third-order valence-corrected chi connectivity index (χ3v) is 4.47. The summed E-state index contributed by atoms with van der Waals surface area (Å²) in [6, 6.07) is 3.91. The fourth-order valence-corrected chi connectivity index (χ4v) is 3.12. The highest BCUT2D eigenvalue weighted by Crippen LogP contribution is 2.22. The van der Waals surface area contributed by atoms with Crippen molar-refractivity contribution >= 4 is 5.91 Å². The summed E-state index contributed by atoms with van der Waals surface area (Å²) in [5.74, 6) is 1.85. The Bertz CT molecular complexity index is 886. The molecule has 3 aromatic rings. The summed E-state index contributed by atoms with van der Waals surface area (Å²) < 4.78 is 7.29. The molecule has 0 bridgehead atoms. The Morgan fingerprint density at radius 3 is 2.88 bits per heavy atom. The predicted octanol–water partition coefficient (Wildman–Crippen LogP) is 1.77. The van der Waals surface area contributed by atoms with E-state index in [9.17, 15) is 4.79 Å². The van der Waals surface area contributed by atoms with E-state index in [0.717, 1.165) is 43.0 Å². The summed E-state index contributed by atoms with van der Waals surface area (Å²) in [6.45, 7) is 2.51. The maximum absolute atomic E-state index is 12.3. The van der Waals surface area contributed by atoms with Crippen LogP contribution in [0, 0.1) is 6.92 Å². The molecule has 1 N–H and O–H groups in total. The van der Waals surface area contributed by atoms with Gasteiger partial charge >= 0.3 is 0 Å². The zero-order chi connectivity index (χ0) is 17.2. The van der Waals surface area contributed by atoms with Crippen LogP contribution < -0.4 is 5.32 Å². The van der Waals surface area contributed by atoms with E-state index in [4.69, 9.17) is 4.42 Å². The van der Waals surface area contributed by atoms with Gasteiger partial charge in [-0.3, -0.25) is 9.78 Å². The highest BCUT2D eigenvalue weighted by atomic mass is 16.3. The molecule has 4 rings (SSSR count). The van der Waals surface area contributed by atoms with Crippen LogP contribution in [0.25, 0.3) is 11.4 Å². The van der Waals surface area contributed by atoms with Crippen molar-refractivity contribution in [3.63, 3.8) is 0 Å². The lowest BCUT2D eigenvalue weighted by Crippen LogP contribution is -2.35. The average Bonchev–Trinajstić information content (AvgIpc) is 3.19. The Labute approximate surface area is 144 Å². The Balaban J connectivity index is 1.48. The molecule has 0 fully saturated rings. The summed E-state index contributed by atoms with van der Waals surface area (Å²) in [7, 11) is 0. The molecule has 1 atom stereocenters. The first-order chi connectivity index (χ1) is 12.2. The van der Waals surface area contributed by atoms with Gasteiger partial charge in [-0.1, -0.05) is 0 Å². The van der Waals surface area contributed by atoms with E-state index >= 15 is 0 Å². The second-order valence-electron chi connectivity index (χ2n) is 6.09. The molecule has 8 heteroatoms. The van der Waals surface area contributed by atoms with Crippen LogP contribution in [-0.2, 0) is 13.0 Å². The molecule has 4 heterocycles. The van der Waals surface area contributed by atoms with Crippen molar-refractivity contribution in [2.24, 2.45) is 0 Å². The first kappa shape index (κ1) is 15.5. The minimum absolute atomic E-state index is 0.0593. The van der Waals surface area contributed by atoms with Crippen molar-refractivity contribution in [3.05, 3.63) is 48.2 Å². The minimum Gasteiger partial charge on any atom is -0.438 e. The number of oxazole rings is 1. The van der Waals surface area contributed by atoms with Crippen LogP contribution in [0.3, 0.4) is 0 Å². The van der Waals surface area contributed by atoms with Gasteiger partial charge in [0.1, 0.15) is 5.82 Å². The quantitative estimate of drug-likeness (QED) is 0.781. The van der Waals surface area contributed by atoms with E-state index < -0.39 is 0 Å². The standard InChI is InChI=1S/C17H18N6O2/c1-11-15(25-10-19-11)17(24)20-13-2-3-14-21-22-16(23(14)9-6-13)12-4-7-18-8-5-12/h4-5,7-8,10,13H,2-3,6,9H2,1H3,(H,20,24). The molecule has 1 aliphatic rings. The molecule has 3 aromatic heterocycles. The fraction of sp³-hybridized carbons (Fsp3) is 0.353. The lowest BCUT2D eigenvalue weighted by atomic mass is 10.1. The van der Waals surface area contributed by atoms with E-state index in [-0.39, 0.29) is 17.7 Å². The summed E-state index contributed by atoms with van der Waals surface area (Å²) in [5.41, 5.74) is 1.59. The number of hydrogen-bond donors (Lipinski definition) is 1. The molecule has 25 heavy (non-hydrogen) atoms. The Hall–Kier alpha value is -3.03. The van der Waals surface area contributed by atoms with Crippen LogP contribution in [0.2, 0.25) is 0 Å². The van der Waals surface area contributed by atoms with Crippen LogP contribution in [0.5, 0.6) is 0 Å². The van der Waals surface area contributed by atoms with E-state index in [2.05, 4.69) is 30.0 Å². The molecular weight excluding hydrogens is 320 g/mol. The maximum Gasteiger partial charge on any atom is 0.289 e. The number of aryl methyl sites for hydroxylation is 2. The van der Waals surface area contributed by atoms with Gasteiger partial charge in [0.25, 0.3) is 5.91 Å².